The molecule has 0 aliphatic carbocycles. The van der Waals surface area contributed by atoms with Crippen LogP contribution < -0.4 is 5.32 Å². The van der Waals surface area contributed by atoms with Crippen LogP contribution in [0.3, 0.4) is 0 Å². The van der Waals surface area contributed by atoms with Crippen molar-refractivity contribution in [1.82, 2.24) is 15.1 Å². The third kappa shape index (κ3) is 2.99. The lowest BCUT2D eigenvalue weighted by Gasteiger charge is -2.16. The topological polar surface area (TPSA) is 29.9 Å². The zero-order chi connectivity index (χ0) is 12.8. The molecule has 0 spiro atoms. The van der Waals surface area contributed by atoms with Crippen LogP contribution in [-0.2, 0) is 6.54 Å². The molecule has 3 nitrogen and oxygen atoms in total. The first kappa shape index (κ1) is 12.8. The Morgan fingerprint density at radius 2 is 1.94 bits per heavy atom. The minimum atomic E-state index is 0.593. The van der Waals surface area contributed by atoms with Crippen molar-refractivity contribution in [2.45, 2.75) is 39.3 Å². The van der Waals surface area contributed by atoms with Gasteiger partial charge in [-0.2, -0.15) is 5.10 Å². The lowest BCUT2D eigenvalue weighted by atomic mass is 10.1. The molecule has 0 bridgehead atoms. The average Bonchev–Trinajstić information content (AvgIpc) is 2.94. The highest BCUT2D eigenvalue weighted by Gasteiger charge is 2.06. The summed E-state index contributed by atoms with van der Waals surface area (Å²) < 4.78 is 1.92. The molecule has 0 atom stereocenters. The van der Waals surface area contributed by atoms with Gasteiger partial charge in [-0.1, -0.05) is 32.0 Å². The normalized spacial score (nSPS) is 11.1. The highest BCUT2D eigenvalue weighted by atomic mass is 15.3. The van der Waals surface area contributed by atoms with Crippen LogP contribution in [0.2, 0.25) is 0 Å². The van der Waals surface area contributed by atoms with E-state index in [1.807, 2.05) is 23.1 Å². The van der Waals surface area contributed by atoms with Crippen molar-refractivity contribution in [3.05, 3.63) is 48.3 Å². The van der Waals surface area contributed by atoms with Gasteiger partial charge in [0.25, 0.3) is 0 Å². The van der Waals surface area contributed by atoms with Crippen molar-refractivity contribution in [1.29, 1.82) is 0 Å². The molecule has 0 saturated heterocycles. The summed E-state index contributed by atoms with van der Waals surface area (Å²) >= 11 is 0. The number of hydrogen-bond donors (Lipinski definition) is 1. The van der Waals surface area contributed by atoms with Crippen LogP contribution in [0.5, 0.6) is 0 Å². The highest BCUT2D eigenvalue weighted by Crippen LogP contribution is 2.13. The molecule has 2 rings (SSSR count). The van der Waals surface area contributed by atoms with Gasteiger partial charge in [0.1, 0.15) is 0 Å². The fourth-order valence-electron chi connectivity index (χ4n) is 2.13. The average molecular weight is 243 g/mol. The summed E-state index contributed by atoms with van der Waals surface area (Å²) in [5, 5.41) is 7.90. The van der Waals surface area contributed by atoms with Gasteiger partial charge in [-0.05, 0) is 30.5 Å². The van der Waals surface area contributed by atoms with E-state index in [0.717, 1.165) is 12.2 Å². The van der Waals surface area contributed by atoms with Crippen LogP contribution in [0.25, 0.3) is 5.69 Å². The summed E-state index contributed by atoms with van der Waals surface area (Å²) in [4.78, 5) is 0. The molecular weight excluding hydrogens is 222 g/mol. The number of nitrogens with zero attached hydrogens (tertiary/aromatic N) is 2. The van der Waals surface area contributed by atoms with E-state index in [2.05, 4.69) is 48.5 Å². The molecule has 0 saturated carbocycles. The number of nitrogens with one attached hydrogen (secondary N) is 1. The third-order valence-electron chi connectivity index (χ3n) is 3.31. The van der Waals surface area contributed by atoms with E-state index in [4.69, 9.17) is 0 Å². The summed E-state index contributed by atoms with van der Waals surface area (Å²) in [6, 6.07) is 10.9. The maximum Gasteiger partial charge on any atom is 0.0690 e. The van der Waals surface area contributed by atoms with Crippen LogP contribution in [0, 0.1) is 0 Å². The molecule has 2 aromatic rings. The van der Waals surface area contributed by atoms with Gasteiger partial charge < -0.3 is 5.32 Å². The molecule has 1 aromatic heterocycles. The fraction of sp³-hybridized carbons (Fsp3) is 0.400. The van der Waals surface area contributed by atoms with Crippen molar-refractivity contribution in [3.8, 4) is 5.69 Å². The Bertz CT molecular complexity index is 458. The van der Waals surface area contributed by atoms with E-state index in [0.29, 0.717) is 6.04 Å². The molecule has 1 heterocycles. The van der Waals surface area contributed by atoms with Gasteiger partial charge in [0.05, 0.1) is 5.69 Å². The van der Waals surface area contributed by atoms with Crippen LogP contribution in [0.4, 0.5) is 0 Å². The minimum absolute atomic E-state index is 0.593. The van der Waals surface area contributed by atoms with E-state index >= 15 is 0 Å². The number of rotatable bonds is 6. The molecule has 0 amide bonds. The molecule has 1 N–H and O–H groups in total. The zero-order valence-corrected chi connectivity index (χ0v) is 11.1. The van der Waals surface area contributed by atoms with Crippen LogP contribution >= 0.6 is 0 Å². The molecule has 0 aliphatic heterocycles. The molecule has 0 radical (unpaired) electrons. The fourth-order valence-corrected chi connectivity index (χ4v) is 2.13. The lowest BCUT2D eigenvalue weighted by molar-refractivity contribution is 0.483. The second kappa shape index (κ2) is 6.36. The summed E-state index contributed by atoms with van der Waals surface area (Å²) in [5.41, 5.74) is 2.44. The summed E-state index contributed by atoms with van der Waals surface area (Å²) in [6.07, 6.45) is 6.13. The monoisotopic (exact) mass is 243 g/mol. The molecule has 0 aliphatic rings. The van der Waals surface area contributed by atoms with Gasteiger partial charge in [-0.3, -0.25) is 0 Å². The largest absolute Gasteiger partial charge is 0.310 e. The van der Waals surface area contributed by atoms with E-state index in [1.165, 1.54) is 18.4 Å². The predicted molar refractivity (Wildman–Crippen MR) is 74.8 cm³/mol. The summed E-state index contributed by atoms with van der Waals surface area (Å²) in [6.45, 7) is 5.34. The summed E-state index contributed by atoms with van der Waals surface area (Å²) in [7, 11) is 0. The van der Waals surface area contributed by atoms with Crippen LogP contribution in [0.15, 0.2) is 42.7 Å². The quantitative estimate of drug-likeness (QED) is 0.844. The van der Waals surface area contributed by atoms with Crippen LogP contribution in [-0.4, -0.2) is 15.8 Å². The van der Waals surface area contributed by atoms with Gasteiger partial charge in [-0.15, -0.1) is 0 Å². The first-order valence-corrected chi connectivity index (χ1v) is 6.66. The van der Waals surface area contributed by atoms with Gasteiger partial charge >= 0.3 is 0 Å². The smallest absolute Gasteiger partial charge is 0.0690 e. The molecular formula is C15H21N3. The van der Waals surface area contributed by atoms with Crippen molar-refractivity contribution >= 4 is 0 Å². The van der Waals surface area contributed by atoms with E-state index in [1.54, 1.807) is 0 Å². The Labute approximate surface area is 109 Å². The maximum absolute atomic E-state index is 4.30. The molecule has 0 unspecified atom stereocenters. The highest BCUT2D eigenvalue weighted by molar-refractivity contribution is 5.40. The number of para-hydroxylation sites is 1. The number of benzene rings is 1. The Morgan fingerprint density at radius 3 is 2.61 bits per heavy atom. The maximum atomic E-state index is 4.30. The summed E-state index contributed by atoms with van der Waals surface area (Å²) in [5.74, 6) is 0. The Morgan fingerprint density at radius 1 is 1.17 bits per heavy atom. The second-order valence-electron chi connectivity index (χ2n) is 4.47. The van der Waals surface area contributed by atoms with Crippen molar-refractivity contribution in [2.24, 2.45) is 0 Å². The van der Waals surface area contributed by atoms with Crippen molar-refractivity contribution < 1.29 is 0 Å². The number of hydrogen-bond acceptors (Lipinski definition) is 2. The molecule has 3 heteroatoms. The van der Waals surface area contributed by atoms with Crippen LogP contribution in [0.1, 0.15) is 32.3 Å². The van der Waals surface area contributed by atoms with Gasteiger partial charge in [0.15, 0.2) is 0 Å². The minimum Gasteiger partial charge on any atom is -0.310 e. The standard InChI is InChI=1S/C15H21N3/c1-3-14(4-2)16-12-13-8-5-6-9-15(13)18-11-7-10-17-18/h5-11,14,16H,3-4,12H2,1-2H3. The Hall–Kier alpha value is -1.61. The zero-order valence-electron chi connectivity index (χ0n) is 11.1. The third-order valence-corrected chi connectivity index (χ3v) is 3.31. The van der Waals surface area contributed by atoms with Crippen molar-refractivity contribution in [3.63, 3.8) is 0 Å². The van der Waals surface area contributed by atoms with Gasteiger partial charge in [0, 0.05) is 25.0 Å². The second-order valence-corrected chi connectivity index (χ2v) is 4.47. The van der Waals surface area contributed by atoms with E-state index in [9.17, 15) is 0 Å². The Kier molecular flexibility index (Phi) is 4.53. The molecule has 96 valence electrons. The van der Waals surface area contributed by atoms with Crippen molar-refractivity contribution in [2.75, 3.05) is 0 Å². The molecule has 18 heavy (non-hydrogen) atoms. The number of aromatic nitrogens is 2. The van der Waals surface area contributed by atoms with E-state index in [-0.39, 0.29) is 0 Å². The van der Waals surface area contributed by atoms with Gasteiger partial charge in [-0.25, -0.2) is 4.68 Å². The molecule has 1 aromatic carbocycles. The van der Waals surface area contributed by atoms with E-state index < -0.39 is 0 Å². The molecule has 0 fully saturated rings. The van der Waals surface area contributed by atoms with Gasteiger partial charge in [0.2, 0.25) is 0 Å². The Balaban J connectivity index is 2.13. The predicted octanol–water partition coefficient (Wildman–Crippen LogP) is 3.15. The SMILES string of the molecule is CCC(CC)NCc1ccccc1-n1cccn1. The lowest BCUT2D eigenvalue weighted by Crippen LogP contribution is -2.27. The first-order chi connectivity index (χ1) is 8.85. The first-order valence-electron chi connectivity index (χ1n) is 6.66.